The molecule has 27 heavy (non-hydrogen) atoms. The SMILES string of the molecule is CCCCCOc1ccc(C(=O)N(C)CC2Cc3ccccc3CO2)cc1. The van der Waals surface area contributed by atoms with Crippen LogP contribution in [0.1, 0.15) is 47.7 Å². The van der Waals surface area contributed by atoms with Crippen LogP contribution in [-0.2, 0) is 17.8 Å². The van der Waals surface area contributed by atoms with E-state index in [0.717, 1.165) is 25.2 Å². The highest BCUT2D eigenvalue weighted by Gasteiger charge is 2.22. The monoisotopic (exact) mass is 367 g/mol. The van der Waals surface area contributed by atoms with E-state index in [1.807, 2.05) is 37.4 Å². The summed E-state index contributed by atoms with van der Waals surface area (Å²) in [5.41, 5.74) is 3.24. The fourth-order valence-corrected chi connectivity index (χ4v) is 3.37. The number of likely N-dealkylation sites (N-methyl/N-ethyl adjacent to an activating group) is 1. The Morgan fingerprint density at radius 1 is 1.11 bits per heavy atom. The molecule has 4 heteroatoms. The smallest absolute Gasteiger partial charge is 0.253 e. The molecule has 0 fully saturated rings. The van der Waals surface area contributed by atoms with Crippen molar-refractivity contribution in [2.24, 2.45) is 0 Å². The van der Waals surface area contributed by atoms with Gasteiger partial charge in [0.1, 0.15) is 5.75 Å². The lowest BCUT2D eigenvalue weighted by Gasteiger charge is -2.29. The fourth-order valence-electron chi connectivity index (χ4n) is 3.37. The molecular weight excluding hydrogens is 338 g/mol. The molecule has 0 bridgehead atoms. The second kappa shape index (κ2) is 9.56. The van der Waals surface area contributed by atoms with Crippen molar-refractivity contribution in [3.63, 3.8) is 0 Å². The summed E-state index contributed by atoms with van der Waals surface area (Å²) in [5.74, 6) is 0.826. The highest BCUT2D eigenvalue weighted by Crippen LogP contribution is 2.21. The first-order valence-corrected chi connectivity index (χ1v) is 9.84. The molecule has 1 heterocycles. The Hall–Kier alpha value is -2.33. The van der Waals surface area contributed by atoms with Crippen molar-refractivity contribution in [3.8, 4) is 5.75 Å². The lowest BCUT2D eigenvalue weighted by molar-refractivity contribution is 0.00985. The Morgan fingerprint density at radius 2 is 1.85 bits per heavy atom. The Bertz CT molecular complexity index is 742. The van der Waals surface area contributed by atoms with Gasteiger partial charge in [0, 0.05) is 25.6 Å². The van der Waals surface area contributed by atoms with Gasteiger partial charge < -0.3 is 14.4 Å². The van der Waals surface area contributed by atoms with Gasteiger partial charge in [-0.3, -0.25) is 4.79 Å². The number of fused-ring (bicyclic) bond motifs is 1. The van der Waals surface area contributed by atoms with Crippen LogP contribution in [0.15, 0.2) is 48.5 Å². The van der Waals surface area contributed by atoms with E-state index in [1.165, 1.54) is 24.0 Å². The zero-order valence-electron chi connectivity index (χ0n) is 16.3. The van der Waals surface area contributed by atoms with Crippen molar-refractivity contribution in [1.29, 1.82) is 0 Å². The normalized spacial score (nSPS) is 15.9. The summed E-state index contributed by atoms with van der Waals surface area (Å²) < 4.78 is 11.6. The Morgan fingerprint density at radius 3 is 2.59 bits per heavy atom. The molecule has 2 aromatic rings. The Balaban J connectivity index is 1.51. The molecular formula is C23H29NO3. The van der Waals surface area contributed by atoms with Gasteiger partial charge in [-0.05, 0) is 41.8 Å². The molecule has 3 rings (SSSR count). The number of hydrogen-bond donors (Lipinski definition) is 0. The number of rotatable bonds is 8. The second-order valence-electron chi connectivity index (χ2n) is 7.17. The van der Waals surface area contributed by atoms with Gasteiger partial charge in [-0.15, -0.1) is 0 Å². The third-order valence-corrected chi connectivity index (χ3v) is 4.98. The predicted octanol–water partition coefficient (Wildman–Crippen LogP) is 4.47. The third kappa shape index (κ3) is 5.33. The van der Waals surface area contributed by atoms with Crippen molar-refractivity contribution in [2.45, 2.75) is 45.3 Å². The number of nitrogens with zero attached hydrogens (tertiary/aromatic N) is 1. The molecule has 144 valence electrons. The van der Waals surface area contributed by atoms with Crippen molar-refractivity contribution >= 4 is 5.91 Å². The van der Waals surface area contributed by atoms with E-state index in [4.69, 9.17) is 9.47 Å². The van der Waals surface area contributed by atoms with E-state index in [1.54, 1.807) is 4.90 Å². The number of unbranched alkanes of at least 4 members (excludes halogenated alkanes) is 2. The van der Waals surface area contributed by atoms with E-state index < -0.39 is 0 Å². The second-order valence-corrected chi connectivity index (χ2v) is 7.17. The summed E-state index contributed by atoms with van der Waals surface area (Å²) in [5, 5.41) is 0. The highest BCUT2D eigenvalue weighted by molar-refractivity contribution is 5.94. The number of carbonyl (C=O) groups is 1. The van der Waals surface area contributed by atoms with Crippen LogP contribution in [0.5, 0.6) is 5.75 Å². The molecule has 0 N–H and O–H groups in total. The van der Waals surface area contributed by atoms with E-state index in [0.29, 0.717) is 18.7 Å². The maximum Gasteiger partial charge on any atom is 0.253 e. The van der Waals surface area contributed by atoms with Crippen molar-refractivity contribution in [1.82, 2.24) is 4.90 Å². The van der Waals surface area contributed by atoms with Gasteiger partial charge in [0.15, 0.2) is 0 Å². The minimum atomic E-state index is 0.00925. The van der Waals surface area contributed by atoms with E-state index in [2.05, 4.69) is 25.1 Å². The topological polar surface area (TPSA) is 38.8 Å². The van der Waals surface area contributed by atoms with Crippen molar-refractivity contribution in [3.05, 3.63) is 65.2 Å². The first-order valence-electron chi connectivity index (χ1n) is 9.84. The average molecular weight is 367 g/mol. The molecule has 1 amide bonds. The maximum absolute atomic E-state index is 12.7. The quantitative estimate of drug-likeness (QED) is 0.646. The molecule has 2 aromatic carbocycles. The lowest BCUT2D eigenvalue weighted by atomic mass is 9.99. The van der Waals surface area contributed by atoms with Gasteiger partial charge in [-0.25, -0.2) is 0 Å². The summed E-state index contributed by atoms with van der Waals surface area (Å²) in [6, 6.07) is 15.8. The summed E-state index contributed by atoms with van der Waals surface area (Å²) in [7, 11) is 1.83. The van der Waals surface area contributed by atoms with Gasteiger partial charge >= 0.3 is 0 Å². The summed E-state index contributed by atoms with van der Waals surface area (Å²) in [6.45, 7) is 4.10. The number of amides is 1. The highest BCUT2D eigenvalue weighted by atomic mass is 16.5. The van der Waals surface area contributed by atoms with Crippen LogP contribution >= 0.6 is 0 Å². The number of hydrogen-bond acceptors (Lipinski definition) is 3. The first kappa shape index (κ1) is 19.4. The average Bonchev–Trinajstić information content (AvgIpc) is 2.71. The number of benzene rings is 2. The largest absolute Gasteiger partial charge is 0.494 e. The minimum Gasteiger partial charge on any atom is -0.494 e. The van der Waals surface area contributed by atoms with Gasteiger partial charge in [-0.1, -0.05) is 44.0 Å². The van der Waals surface area contributed by atoms with Crippen LogP contribution in [0, 0.1) is 0 Å². The maximum atomic E-state index is 12.7. The fraction of sp³-hybridized carbons (Fsp3) is 0.435. The van der Waals surface area contributed by atoms with Crippen LogP contribution in [0.3, 0.4) is 0 Å². The minimum absolute atomic E-state index is 0.00925. The Labute approximate surface area is 162 Å². The van der Waals surface area contributed by atoms with Crippen LogP contribution in [0.25, 0.3) is 0 Å². The molecule has 0 aliphatic carbocycles. The van der Waals surface area contributed by atoms with Crippen molar-refractivity contribution in [2.75, 3.05) is 20.2 Å². The van der Waals surface area contributed by atoms with E-state index >= 15 is 0 Å². The number of ether oxygens (including phenoxy) is 2. The van der Waals surface area contributed by atoms with Crippen LogP contribution in [0.2, 0.25) is 0 Å². The van der Waals surface area contributed by atoms with Crippen LogP contribution in [0.4, 0.5) is 0 Å². The van der Waals surface area contributed by atoms with Gasteiger partial charge in [0.05, 0.1) is 19.3 Å². The molecule has 0 saturated carbocycles. The predicted molar refractivity (Wildman–Crippen MR) is 107 cm³/mol. The molecule has 1 aliphatic rings. The van der Waals surface area contributed by atoms with Crippen molar-refractivity contribution < 1.29 is 14.3 Å². The zero-order chi connectivity index (χ0) is 19.1. The summed E-state index contributed by atoms with van der Waals surface area (Å²) in [6.07, 6.45) is 4.30. The lowest BCUT2D eigenvalue weighted by Crippen LogP contribution is -2.38. The Kier molecular flexibility index (Phi) is 6.88. The molecule has 4 nitrogen and oxygen atoms in total. The van der Waals surface area contributed by atoms with Gasteiger partial charge in [0.25, 0.3) is 5.91 Å². The summed E-state index contributed by atoms with van der Waals surface area (Å²) >= 11 is 0. The molecule has 0 aromatic heterocycles. The standard InChI is InChI=1S/C23H29NO3/c1-3-4-7-14-26-21-12-10-18(11-13-21)23(25)24(2)16-22-15-19-8-5-6-9-20(19)17-27-22/h5-6,8-13,22H,3-4,7,14-17H2,1-2H3. The molecule has 1 aliphatic heterocycles. The van der Waals surface area contributed by atoms with Crippen LogP contribution in [-0.4, -0.2) is 37.1 Å². The molecule has 0 spiro atoms. The first-order chi connectivity index (χ1) is 13.2. The summed E-state index contributed by atoms with van der Waals surface area (Å²) in [4.78, 5) is 14.4. The van der Waals surface area contributed by atoms with Crippen LogP contribution < -0.4 is 4.74 Å². The third-order valence-electron chi connectivity index (χ3n) is 4.98. The molecule has 1 unspecified atom stereocenters. The molecule has 0 saturated heterocycles. The van der Waals surface area contributed by atoms with E-state index in [9.17, 15) is 4.79 Å². The van der Waals surface area contributed by atoms with E-state index in [-0.39, 0.29) is 12.0 Å². The molecule has 1 atom stereocenters. The molecule has 0 radical (unpaired) electrons. The van der Waals surface area contributed by atoms with Gasteiger partial charge in [-0.2, -0.15) is 0 Å². The number of carbonyl (C=O) groups excluding carboxylic acids is 1. The van der Waals surface area contributed by atoms with Gasteiger partial charge in [0.2, 0.25) is 0 Å². The zero-order valence-corrected chi connectivity index (χ0v) is 16.3.